The highest BCUT2D eigenvalue weighted by Gasteiger charge is 2.20. The zero-order valence-electron chi connectivity index (χ0n) is 58.4. The van der Waals surface area contributed by atoms with Crippen LogP contribution in [0, 0.1) is 0 Å². The van der Waals surface area contributed by atoms with Gasteiger partial charge < -0.3 is 0 Å². The summed E-state index contributed by atoms with van der Waals surface area (Å²) in [6, 6.07) is 127. The molecule has 0 aliphatic carbocycles. The van der Waals surface area contributed by atoms with E-state index < -0.39 is 0 Å². The molecule has 502 valence electrons. The van der Waals surface area contributed by atoms with Gasteiger partial charge in [-0.15, -0.1) is 0 Å². The predicted molar refractivity (Wildman–Crippen MR) is 447 cm³/mol. The highest BCUT2D eigenvalue weighted by Crippen LogP contribution is 2.42. The largest absolute Gasteiger partial charge is 0.254 e. The van der Waals surface area contributed by atoms with Crippen molar-refractivity contribution in [3.8, 4) is 112 Å². The molecule has 8 aromatic heterocycles. The minimum Gasteiger partial charge on any atom is -0.254 e. The molecule has 8 nitrogen and oxygen atoms in total. The molecule has 0 N–H and O–H groups in total. The third-order valence-electron chi connectivity index (χ3n) is 20.8. The molecular weight excluding hydrogens is 1310 g/mol. The van der Waals surface area contributed by atoms with E-state index in [9.17, 15) is 0 Å². The first-order chi connectivity index (χ1) is 53.5. The first-order valence-corrected chi connectivity index (χ1v) is 36.3. The zero-order valence-corrected chi connectivity index (χ0v) is 58.4. The van der Waals surface area contributed by atoms with Gasteiger partial charge in [0.15, 0.2) is 0 Å². The number of benzene rings is 13. The van der Waals surface area contributed by atoms with E-state index in [2.05, 4.69) is 315 Å². The molecule has 0 radical (unpaired) electrons. The van der Waals surface area contributed by atoms with Gasteiger partial charge in [-0.05, 0) is 122 Å². The molecule has 8 heteroatoms. The second-order valence-electron chi connectivity index (χ2n) is 27.3. The van der Waals surface area contributed by atoms with Crippen molar-refractivity contribution >= 4 is 98.0 Å². The maximum Gasteiger partial charge on any atom is 0.0978 e. The second-order valence-corrected chi connectivity index (χ2v) is 27.3. The highest BCUT2D eigenvalue weighted by molar-refractivity contribution is 6.15. The third-order valence-corrected chi connectivity index (χ3v) is 20.8. The van der Waals surface area contributed by atoms with Gasteiger partial charge in [0, 0.05) is 88.9 Å². The minimum atomic E-state index is 0.872. The van der Waals surface area contributed by atoms with Gasteiger partial charge in [-0.25, -0.2) is 29.9 Å². The van der Waals surface area contributed by atoms with Gasteiger partial charge in [-0.3, -0.25) is 9.97 Å². The van der Waals surface area contributed by atoms with Crippen molar-refractivity contribution in [2.45, 2.75) is 0 Å². The van der Waals surface area contributed by atoms with Gasteiger partial charge >= 0.3 is 0 Å². The van der Waals surface area contributed by atoms with Crippen molar-refractivity contribution in [1.82, 2.24) is 39.9 Å². The maximum absolute atomic E-state index is 5.43. The first kappa shape index (κ1) is 63.1. The van der Waals surface area contributed by atoms with E-state index in [1.807, 2.05) is 60.9 Å². The van der Waals surface area contributed by atoms with Crippen LogP contribution in [-0.2, 0) is 0 Å². The molecule has 0 bridgehead atoms. The predicted octanol–water partition coefficient (Wildman–Crippen LogP) is 25.6. The monoisotopic (exact) mass is 1370 g/mol. The average molecular weight is 1380 g/mol. The van der Waals surface area contributed by atoms with Crippen LogP contribution < -0.4 is 0 Å². The lowest BCUT2D eigenvalue weighted by Gasteiger charge is -2.15. The molecular formula is C100H62N8. The highest BCUT2D eigenvalue weighted by atomic mass is 14.8. The van der Waals surface area contributed by atoms with Crippen molar-refractivity contribution in [1.29, 1.82) is 0 Å². The molecule has 8 heterocycles. The molecule has 0 unspecified atom stereocenters. The fraction of sp³-hybridized carbons (Fsp3) is 0. The van der Waals surface area contributed by atoms with Crippen molar-refractivity contribution in [2.24, 2.45) is 0 Å². The van der Waals surface area contributed by atoms with Gasteiger partial charge in [0.1, 0.15) is 0 Å². The molecule has 108 heavy (non-hydrogen) atoms. The third kappa shape index (κ3) is 11.6. The second kappa shape index (κ2) is 26.9. The van der Waals surface area contributed by atoms with Gasteiger partial charge in [0.2, 0.25) is 0 Å². The number of fused-ring (bicyclic) bond motifs is 13. The van der Waals surface area contributed by atoms with Crippen LogP contribution in [0.15, 0.2) is 376 Å². The van der Waals surface area contributed by atoms with Crippen LogP contribution in [0.4, 0.5) is 0 Å². The Kier molecular flexibility index (Phi) is 15.7. The summed E-state index contributed by atoms with van der Waals surface area (Å²) in [5.74, 6) is 0. The van der Waals surface area contributed by atoms with Crippen LogP contribution >= 0.6 is 0 Å². The van der Waals surface area contributed by atoms with E-state index >= 15 is 0 Å². The van der Waals surface area contributed by atoms with Gasteiger partial charge in [0.25, 0.3) is 0 Å². The number of nitrogens with zero attached hydrogens (tertiary/aromatic N) is 8. The minimum absolute atomic E-state index is 0.872. The Morgan fingerprint density at radius 3 is 0.759 bits per heavy atom. The molecule has 0 spiro atoms. The number of hydrogen-bond donors (Lipinski definition) is 0. The normalized spacial score (nSPS) is 11.5. The lowest BCUT2D eigenvalue weighted by Crippen LogP contribution is -1.95. The summed E-state index contributed by atoms with van der Waals surface area (Å²) in [5.41, 5.74) is 28.0. The van der Waals surface area contributed by atoms with E-state index in [4.69, 9.17) is 39.9 Å². The smallest absolute Gasteiger partial charge is 0.0978 e. The Bertz CT molecular complexity index is 6670. The Morgan fingerprint density at radius 2 is 0.407 bits per heavy atom. The number of hydrogen-bond acceptors (Lipinski definition) is 8. The molecule has 0 saturated heterocycles. The lowest BCUT2D eigenvalue weighted by atomic mass is 9.93. The van der Waals surface area contributed by atoms with E-state index in [1.54, 1.807) is 0 Å². The topological polar surface area (TPSA) is 103 Å². The molecule has 0 aliphatic heterocycles. The van der Waals surface area contributed by atoms with Crippen molar-refractivity contribution < 1.29 is 0 Å². The Labute approximate surface area is 622 Å². The zero-order chi connectivity index (χ0) is 71.4. The van der Waals surface area contributed by atoms with E-state index in [-0.39, 0.29) is 0 Å². The van der Waals surface area contributed by atoms with Gasteiger partial charge in [-0.1, -0.05) is 297 Å². The number of aromatic nitrogens is 8. The summed E-state index contributed by atoms with van der Waals surface area (Å²) in [6.07, 6.45) is 3.80. The molecule has 0 aliphatic rings. The summed E-state index contributed by atoms with van der Waals surface area (Å²) < 4.78 is 0. The molecule has 0 atom stereocenters. The summed E-state index contributed by atoms with van der Waals surface area (Å²) in [7, 11) is 0. The summed E-state index contributed by atoms with van der Waals surface area (Å²) >= 11 is 0. The summed E-state index contributed by atoms with van der Waals surface area (Å²) in [4.78, 5) is 41.4. The van der Waals surface area contributed by atoms with Crippen LogP contribution in [0.25, 0.3) is 210 Å². The van der Waals surface area contributed by atoms with Gasteiger partial charge in [-0.2, -0.15) is 0 Å². The van der Waals surface area contributed by atoms with Crippen molar-refractivity contribution in [3.05, 3.63) is 376 Å². The van der Waals surface area contributed by atoms with Gasteiger partial charge in [0.05, 0.1) is 78.3 Å². The lowest BCUT2D eigenvalue weighted by molar-refractivity contribution is 1.36. The Hall–Kier alpha value is -14.6. The Morgan fingerprint density at radius 1 is 0.139 bits per heavy atom. The van der Waals surface area contributed by atoms with Crippen LogP contribution in [0.2, 0.25) is 0 Å². The van der Waals surface area contributed by atoms with Crippen LogP contribution in [0.5, 0.6) is 0 Å². The standard InChI is InChI=1S/C54H34N4.C46H28N4/c1-5-14-35(15-6-1)41-28-30-55-51-43(41)24-26-45-47(37-18-9-3-10-19-37)33-49(57-53(45)51)39-22-13-23-40(32-39)50-34-48(38-20-11-4-12-21-38)46-27-25-44-42(36-16-7-2-8-17-36)29-31-56-52(44)54(46)58-50;1-3-7-30(8-4-1)39-23-19-32-13-15-34-21-25-41(49-45(34)43(32)47-39)36-17-11-29-12-18-37(28-38(29)27-36)42-26-22-35-16-14-33-20-24-40(31-9-5-2-6-10-31)48-44(33)46(35)50-42/h1-34H;1-28H. The van der Waals surface area contributed by atoms with Crippen LogP contribution in [0.1, 0.15) is 0 Å². The van der Waals surface area contributed by atoms with E-state index in [1.165, 1.54) is 5.39 Å². The SMILES string of the molecule is c1ccc(-c2ccc3ccc4ccc(-c5ccc6ccc(-c7ccc8ccc9ccc(-c%10ccccc%10)nc9c8n7)cc6c5)nc4c3n2)cc1.c1ccc(-c2ccnc3c2ccc2c(-c4ccccc4)cc(-c4cccc(-c5cc(-c6ccccc6)c6ccc7c(-c8ccccc8)ccnc7c6n5)c4)nc23)cc1. The Balaban J connectivity index is 0.000000144. The molecule has 0 fully saturated rings. The summed E-state index contributed by atoms with van der Waals surface area (Å²) in [5, 5.41) is 10.9. The summed E-state index contributed by atoms with van der Waals surface area (Å²) in [6.45, 7) is 0. The molecule has 21 rings (SSSR count). The van der Waals surface area contributed by atoms with E-state index in [0.717, 1.165) is 205 Å². The van der Waals surface area contributed by atoms with E-state index in [0.29, 0.717) is 0 Å². The number of rotatable bonds is 10. The fourth-order valence-corrected chi connectivity index (χ4v) is 15.4. The van der Waals surface area contributed by atoms with Crippen LogP contribution in [-0.4, -0.2) is 39.9 Å². The fourth-order valence-electron chi connectivity index (χ4n) is 15.4. The molecule has 21 aromatic rings. The number of pyridine rings is 8. The first-order valence-electron chi connectivity index (χ1n) is 36.3. The van der Waals surface area contributed by atoms with Crippen LogP contribution in [0.3, 0.4) is 0 Å². The molecule has 0 amide bonds. The molecule has 13 aromatic carbocycles. The van der Waals surface area contributed by atoms with Crippen molar-refractivity contribution in [3.63, 3.8) is 0 Å². The quantitative estimate of drug-likeness (QED) is 0.125. The van der Waals surface area contributed by atoms with Crippen molar-refractivity contribution in [2.75, 3.05) is 0 Å². The maximum atomic E-state index is 5.43. The molecule has 0 saturated carbocycles. The average Bonchev–Trinajstić information content (AvgIpc) is 0.756.